The second kappa shape index (κ2) is 3.90. The second-order valence-corrected chi connectivity index (χ2v) is 3.06. The van der Waals surface area contributed by atoms with E-state index in [1.165, 1.54) is 12.5 Å². The molecule has 1 N–H and O–H groups in total. The first-order valence-corrected chi connectivity index (χ1v) is 3.87. The van der Waals surface area contributed by atoms with Crippen LogP contribution in [0.1, 0.15) is 21.7 Å². The lowest BCUT2D eigenvalue weighted by molar-refractivity contribution is -0.116. The van der Waals surface area contributed by atoms with Crippen LogP contribution < -0.4 is 5.32 Å². The summed E-state index contributed by atoms with van der Waals surface area (Å²) in [4.78, 5) is 11.1. The lowest BCUT2D eigenvalue weighted by atomic mass is 10.1. The smallest absolute Gasteiger partial charge is 0.224 e. The van der Waals surface area contributed by atoms with Crippen molar-refractivity contribution in [2.24, 2.45) is 5.92 Å². The molecule has 0 radical (unpaired) electrons. The third-order valence-corrected chi connectivity index (χ3v) is 1.31. The molecule has 0 bridgehead atoms. The van der Waals surface area contributed by atoms with E-state index in [1.54, 1.807) is 0 Å². The van der Waals surface area contributed by atoms with Crippen molar-refractivity contribution in [2.75, 3.05) is 5.32 Å². The quantitative estimate of drug-likeness (QED) is 0.753. The van der Waals surface area contributed by atoms with E-state index in [0.29, 0.717) is 18.0 Å². The van der Waals surface area contributed by atoms with E-state index in [9.17, 15) is 4.79 Å². The fourth-order valence-electron chi connectivity index (χ4n) is 0.849. The lowest BCUT2D eigenvalue weighted by Gasteiger charge is -2.03. The van der Waals surface area contributed by atoms with E-state index in [2.05, 4.69) is 15.0 Å². The van der Waals surface area contributed by atoms with Crippen molar-refractivity contribution in [3.05, 3.63) is 12.5 Å². The minimum absolute atomic E-state index is 0. The average molecular weight is 170 g/mol. The highest BCUT2D eigenvalue weighted by Crippen LogP contribution is 2.06. The Kier molecular flexibility index (Phi) is 2.85. The molecule has 0 aliphatic carbocycles. The third-order valence-electron chi connectivity index (χ3n) is 1.31. The summed E-state index contributed by atoms with van der Waals surface area (Å²) in [5.41, 5.74) is 0.612. The van der Waals surface area contributed by atoms with Gasteiger partial charge in [-0.1, -0.05) is 19.0 Å². The summed E-state index contributed by atoms with van der Waals surface area (Å²) in [5.74, 6) is 0.359. The predicted molar refractivity (Wildman–Crippen MR) is 46.7 cm³/mol. The van der Waals surface area contributed by atoms with Gasteiger partial charge in [-0.2, -0.15) is 0 Å². The third kappa shape index (κ3) is 2.74. The molecule has 0 atom stereocenters. The molecule has 0 saturated carbocycles. The first-order chi connectivity index (χ1) is 5.68. The highest BCUT2D eigenvalue weighted by molar-refractivity contribution is 5.90. The van der Waals surface area contributed by atoms with Gasteiger partial charge in [0.15, 0.2) is 0 Å². The molecule has 0 fully saturated rings. The summed E-state index contributed by atoms with van der Waals surface area (Å²) >= 11 is 0. The normalized spacial score (nSPS) is 10.2. The van der Waals surface area contributed by atoms with Crippen molar-refractivity contribution in [3.63, 3.8) is 0 Å². The van der Waals surface area contributed by atoms with Gasteiger partial charge >= 0.3 is 0 Å². The van der Waals surface area contributed by atoms with Crippen molar-refractivity contribution < 1.29 is 10.7 Å². The molecule has 1 aromatic heterocycles. The maximum Gasteiger partial charge on any atom is 0.224 e. The fourth-order valence-corrected chi connectivity index (χ4v) is 0.849. The van der Waals surface area contributed by atoms with Crippen LogP contribution in [0.5, 0.6) is 0 Å². The molecule has 1 amide bonds. The summed E-state index contributed by atoms with van der Waals surface area (Å²) in [5, 5.41) is 6.12. The molecular formula is C8H14N2O2. The largest absolute Gasteiger partial charge is 0.363 e. The molecule has 1 rings (SSSR count). The number of aromatic nitrogens is 1. The number of carbonyl (C=O) groups is 1. The van der Waals surface area contributed by atoms with Crippen LogP contribution >= 0.6 is 0 Å². The molecule has 0 unspecified atom stereocenters. The van der Waals surface area contributed by atoms with Crippen LogP contribution in [0.4, 0.5) is 5.69 Å². The Morgan fingerprint density at radius 3 is 3.08 bits per heavy atom. The van der Waals surface area contributed by atoms with Crippen molar-refractivity contribution >= 4 is 11.6 Å². The molecule has 0 spiro atoms. The van der Waals surface area contributed by atoms with Gasteiger partial charge in [0.25, 0.3) is 0 Å². The van der Waals surface area contributed by atoms with Crippen molar-refractivity contribution in [1.29, 1.82) is 0 Å². The number of nitrogens with zero attached hydrogens (tertiary/aromatic N) is 1. The van der Waals surface area contributed by atoms with Gasteiger partial charge in [0, 0.05) is 7.85 Å². The molecule has 1 aromatic rings. The first-order valence-electron chi connectivity index (χ1n) is 3.87. The van der Waals surface area contributed by atoms with Gasteiger partial charge in [-0.25, -0.2) is 0 Å². The van der Waals surface area contributed by atoms with E-state index in [-0.39, 0.29) is 7.33 Å². The minimum Gasteiger partial charge on any atom is -0.363 e. The maximum atomic E-state index is 11.1. The van der Waals surface area contributed by atoms with Crippen LogP contribution in [0, 0.1) is 5.92 Å². The van der Waals surface area contributed by atoms with E-state index in [1.807, 2.05) is 13.8 Å². The van der Waals surface area contributed by atoms with Crippen LogP contribution in [0.2, 0.25) is 0 Å². The Bertz CT molecular complexity index is 247. The molecule has 4 heteroatoms. The fraction of sp³-hybridized carbons (Fsp3) is 0.500. The van der Waals surface area contributed by atoms with Crippen molar-refractivity contribution in [3.8, 4) is 0 Å². The SMILES string of the molecule is CC(C)CC(=O)Nc1cnoc1.[HH]. The highest BCUT2D eigenvalue weighted by atomic mass is 16.5. The Morgan fingerprint density at radius 1 is 1.83 bits per heavy atom. The predicted octanol–water partition coefficient (Wildman–Crippen LogP) is 1.91. The van der Waals surface area contributed by atoms with Gasteiger partial charge in [-0.15, -0.1) is 0 Å². The Morgan fingerprint density at radius 2 is 2.58 bits per heavy atom. The second-order valence-electron chi connectivity index (χ2n) is 3.06. The number of nitrogens with one attached hydrogen (secondary N) is 1. The Hall–Kier alpha value is -1.32. The van der Waals surface area contributed by atoms with Gasteiger partial charge in [0.05, 0.1) is 6.20 Å². The summed E-state index contributed by atoms with van der Waals surface area (Å²) in [6, 6.07) is 0. The summed E-state index contributed by atoms with van der Waals surface area (Å²) in [6.07, 6.45) is 3.39. The van der Waals surface area contributed by atoms with E-state index in [0.717, 1.165) is 0 Å². The van der Waals surface area contributed by atoms with Gasteiger partial charge < -0.3 is 9.84 Å². The lowest BCUT2D eigenvalue weighted by Crippen LogP contribution is -2.13. The van der Waals surface area contributed by atoms with Crippen molar-refractivity contribution in [1.82, 2.24) is 5.16 Å². The average Bonchev–Trinajstić information content (AvgIpc) is 2.37. The van der Waals surface area contributed by atoms with Crippen molar-refractivity contribution in [2.45, 2.75) is 20.3 Å². The Balaban J connectivity index is 0.00000144. The summed E-state index contributed by atoms with van der Waals surface area (Å²) in [7, 11) is 0. The number of hydrogen-bond acceptors (Lipinski definition) is 3. The van der Waals surface area contributed by atoms with Crippen LogP contribution in [0.15, 0.2) is 17.0 Å². The molecule has 0 aromatic carbocycles. The van der Waals surface area contributed by atoms with Crippen LogP contribution in [-0.2, 0) is 4.79 Å². The molecule has 12 heavy (non-hydrogen) atoms. The van der Waals surface area contributed by atoms with Crippen LogP contribution in [0.25, 0.3) is 0 Å². The number of amides is 1. The molecular weight excluding hydrogens is 156 g/mol. The number of carbonyl (C=O) groups excluding carboxylic acids is 1. The van der Waals surface area contributed by atoms with Crippen LogP contribution in [0.3, 0.4) is 0 Å². The van der Waals surface area contributed by atoms with Crippen LogP contribution in [-0.4, -0.2) is 11.1 Å². The van der Waals surface area contributed by atoms with Gasteiger partial charge in [-0.3, -0.25) is 4.79 Å². The monoisotopic (exact) mass is 170 g/mol. The molecule has 4 nitrogen and oxygen atoms in total. The minimum atomic E-state index is -0.00630. The molecule has 1 heterocycles. The first kappa shape index (κ1) is 8.77. The zero-order valence-electron chi connectivity index (χ0n) is 7.20. The zero-order chi connectivity index (χ0) is 8.97. The summed E-state index contributed by atoms with van der Waals surface area (Å²) in [6.45, 7) is 3.99. The molecule has 0 aliphatic rings. The number of hydrogen-bond donors (Lipinski definition) is 1. The standard InChI is InChI=1S/C8H12N2O2.H2/c1-6(2)3-8(11)10-7-4-9-12-5-7;/h4-6H,3H2,1-2H3,(H,10,11);1H. The molecule has 0 saturated heterocycles. The van der Waals surface area contributed by atoms with Gasteiger partial charge in [0.1, 0.15) is 12.0 Å². The molecule has 68 valence electrons. The highest BCUT2D eigenvalue weighted by Gasteiger charge is 2.05. The Labute approximate surface area is 72.4 Å². The number of rotatable bonds is 3. The van der Waals surface area contributed by atoms with E-state index in [4.69, 9.17) is 0 Å². The van der Waals surface area contributed by atoms with E-state index >= 15 is 0 Å². The maximum absolute atomic E-state index is 11.1. The van der Waals surface area contributed by atoms with E-state index < -0.39 is 0 Å². The number of anilines is 1. The topological polar surface area (TPSA) is 55.1 Å². The van der Waals surface area contributed by atoms with Gasteiger partial charge in [0.2, 0.25) is 5.91 Å². The zero-order valence-corrected chi connectivity index (χ0v) is 7.20. The van der Waals surface area contributed by atoms with Gasteiger partial charge in [-0.05, 0) is 5.92 Å². The summed E-state index contributed by atoms with van der Waals surface area (Å²) < 4.78 is 4.56. The molecule has 0 aliphatic heterocycles.